The van der Waals surface area contributed by atoms with Gasteiger partial charge in [0.1, 0.15) is 0 Å². The summed E-state index contributed by atoms with van der Waals surface area (Å²) in [6.45, 7) is 2.72. The molecule has 4 nitrogen and oxygen atoms in total. The molecule has 2 N–H and O–H groups in total. The van der Waals surface area contributed by atoms with Crippen molar-refractivity contribution in [3.8, 4) is 0 Å². The second-order valence-corrected chi connectivity index (χ2v) is 6.14. The van der Waals surface area contributed by atoms with Crippen LogP contribution in [0.15, 0.2) is 0 Å². The largest absolute Gasteiger partial charge is 0.378 e. The molecule has 0 aromatic carbocycles. The summed E-state index contributed by atoms with van der Waals surface area (Å²) in [4.78, 5) is 14.2. The molecule has 1 aliphatic carbocycles. The minimum Gasteiger partial charge on any atom is -0.378 e. The van der Waals surface area contributed by atoms with Crippen LogP contribution in [0.3, 0.4) is 0 Å². The highest BCUT2D eigenvalue weighted by Gasteiger charge is 2.42. The van der Waals surface area contributed by atoms with Crippen molar-refractivity contribution in [3.63, 3.8) is 0 Å². The summed E-state index contributed by atoms with van der Waals surface area (Å²) < 4.78 is 5.57. The molecule has 0 radical (unpaired) electrons. The van der Waals surface area contributed by atoms with Gasteiger partial charge in [0.15, 0.2) is 0 Å². The zero-order chi connectivity index (χ0) is 12.5. The normalized spacial score (nSPS) is 39.3. The van der Waals surface area contributed by atoms with Crippen LogP contribution in [0.25, 0.3) is 0 Å². The predicted molar refractivity (Wildman–Crippen MR) is 69.0 cm³/mol. The third kappa shape index (κ3) is 2.41. The molecule has 0 spiro atoms. The number of nitrogens with two attached hydrogens (primary N) is 1. The van der Waals surface area contributed by atoms with Crippen LogP contribution in [-0.4, -0.2) is 42.6 Å². The molecule has 0 aromatic rings. The van der Waals surface area contributed by atoms with E-state index in [2.05, 4.69) is 0 Å². The minimum atomic E-state index is 0.312. The summed E-state index contributed by atoms with van der Waals surface area (Å²) in [7, 11) is 0. The van der Waals surface area contributed by atoms with Crippen LogP contribution in [0, 0.1) is 11.8 Å². The van der Waals surface area contributed by atoms with Gasteiger partial charge in [-0.1, -0.05) is 0 Å². The number of ether oxygens (including phenoxy) is 1. The molecule has 2 saturated heterocycles. The average molecular weight is 252 g/mol. The van der Waals surface area contributed by atoms with Gasteiger partial charge in [-0.3, -0.25) is 4.79 Å². The number of rotatable bonds is 3. The molecule has 3 fully saturated rings. The van der Waals surface area contributed by atoms with Crippen molar-refractivity contribution in [2.75, 3.05) is 19.7 Å². The summed E-state index contributed by atoms with van der Waals surface area (Å²) in [5, 5.41) is 0. The number of amides is 1. The molecule has 0 bridgehead atoms. The number of carbonyl (C=O) groups excluding carboxylic acids is 1. The fourth-order valence-electron chi connectivity index (χ4n) is 3.83. The molecule has 4 unspecified atom stereocenters. The maximum absolute atomic E-state index is 12.2. The fourth-order valence-corrected chi connectivity index (χ4v) is 3.83. The van der Waals surface area contributed by atoms with Crippen LogP contribution < -0.4 is 5.73 Å². The van der Waals surface area contributed by atoms with E-state index in [4.69, 9.17) is 10.5 Å². The molecule has 2 heterocycles. The zero-order valence-electron chi connectivity index (χ0n) is 11.0. The Morgan fingerprint density at radius 2 is 2.17 bits per heavy atom. The first-order valence-electron chi connectivity index (χ1n) is 7.39. The van der Waals surface area contributed by atoms with Gasteiger partial charge in [-0.2, -0.15) is 0 Å². The summed E-state index contributed by atoms with van der Waals surface area (Å²) in [5.41, 5.74) is 6.10. The first-order valence-corrected chi connectivity index (χ1v) is 7.39. The maximum Gasteiger partial charge on any atom is 0.222 e. The second-order valence-electron chi connectivity index (χ2n) is 6.14. The number of nitrogens with zero attached hydrogens (tertiary/aromatic N) is 1. The topological polar surface area (TPSA) is 55.6 Å². The average Bonchev–Trinajstić information content (AvgIpc) is 3.05. The number of likely N-dealkylation sites (tertiary alicyclic amines) is 1. The molecule has 1 amide bonds. The van der Waals surface area contributed by atoms with E-state index in [0.29, 0.717) is 36.3 Å². The van der Waals surface area contributed by atoms with E-state index in [0.717, 1.165) is 45.4 Å². The van der Waals surface area contributed by atoms with Crippen molar-refractivity contribution < 1.29 is 9.53 Å². The molecular formula is C14H24N2O2. The third-order valence-corrected chi connectivity index (χ3v) is 4.97. The molecule has 1 saturated carbocycles. The van der Waals surface area contributed by atoms with Crippen LogP contribution in [0.5, 0.6) is 0 Å². The van der Waals surface area contributed by atoms with Gasteiger partial charge >= 0.3 is 0 Å². The molecule has 3 aliphatic rings. The summed E-state index contributed by atoms with van der Waals surface area (Å²) in [5.74, 6) is 1.55. The molecule has 4 heteroatoms. The summed E-state index contributed by atoms with van der Waals surface area (Å²) in [6.07, 6.45) is 6.52. The van der Waals surface area contributed by atoms with Gasteiger partial charge in [0, 0.05) is 32.2 Å². The van der Waals surface area contributed by atoms with Crippen molar-refractivity contribution >= 4 is 5.91 Å². The Labute approximate surface area is 109 Å². The van der Waals surface area contributed by atoms with Crippen LogP contribution in [0.1, 0.15) is 38.5 Å². The standard InChI is InChI=1S/C14H24N2O2/c15-13-5-3-10-8-16(9-12(10)13)14(17)6-4-11-2-1-7-18-11/h10-13H,1-9,15H2. The summed E-state index contributed by atoms with van der Waals surface area (Å²) in [6, 6.07) is 0.325. The lowest BCUT2D eigenvalue weighted by atomic mass is 9.98. The van der Waals surface area contributed by atoms with Gasteiger partial charge in [0.25, 0.3) is 0 Å². The highest BCUT2D eigenvalue weighted by atomic mass is 16.5. The molecule has 2 aliphatic heterocycles. The number of hydrogen-bond acceptors (Lipinski definition) is 3. The fraction of sp³-hybridized carbons (Fsp3) is 0.929. The Hall–Kier alpha value is -0.610. The molecule has 4 atom stereocenters. The highest BCUT2D eigenvalue weighted by Crippen LogP contribution is 2.37. The van der Waals surface area contributed by atoms with E-state index in [1.54, 1.807) is 0 Å². The molecule has 18 heavy (non-hydrogen) atoms. The van der Waals surface area contributed by atoms with E-state index in [1.807, 2.05) is 4.90 Å². The van der Waals surface area contributed by atoms with E-state index in [9.17, 15) is 4.79 Å². The first-order chi connectivity index (χ1) is 8.74. The van der Waals surface area contributed by atoms with Crippen molar-refractivity contribution in [2.24, 2.45) is 17.6 Å². The lowest BCUT2D eigenvalue weighted by Crippen LogP contribution is -2.33. The molecule has 3 rings (SSSR count). The first kappa shape index (κ1) is 12.4. The minimum absolute atomic E-state index is 0.312. The van der Waals surface area contributed by atoms with Gasteiger partial charge < -0.3 is 15.4 Å². The van der Waals surface area contributed by atoms with E-state index in [-0.39, 0.29) is 0 Å². The van der Waals surface area contributed by atoms with E-state index >= 15 is 0 Å². The van der Waals surface area contributed by atoms with Crippen molar-refractivity contribution in [2.45, 2.75) is 50.7 Å². The Morgan fingerprint density at radius 1 is 1.28 bits per heavy atom. The number of carbonyl (C=O) groups is 1. The Balaban J connectivity index is 1.46. The lowest BCUT2D eigenvalue weighted by Gasteiger charge is -2.19. The van der Waals surface area contributed by atoms with E-state index in [1.165, 1.54) is 6.42 Å². The van der Waals surface area contributed by atoms with Gasteiger partial charge in [0.05, 0.1) is 6.10 Å². The highest BCUT2D eigenvalue weighted by molar-refractivity contribution is 5.76. The molecule has 0 aromatic heterocycles. The van der Waals surface area contributed by atoms with Crippen LogP contribution in [-0.2, 0) is 9.53 Å². The monoisotopic (exact) mass is 252 g/mol. The summed E-state index contributed by atoms with van der Waals surface area (Å²) >= 11 is 0. The van der Waals surface area contributed by atoms with Gasteiger partial charge in [0.2, 0.25) is 5.91 Å². The van der Waals surface area contributed by atoms with Crippen LogP contribution >= 0.6 is 0 Å². The van der Waals surface area contributed by atoms with Gasteiger partial charge in [-0.15, -0.1) is 0 Å². The van der Waals surface area contributed by atoms with Crippen molar-refractivity contribution in [1.29, 1.82) is 0 Å². The molecule has 102 valence electrons. The smallest absolute Gasteiger partial charge is 0.222 e. The van der Waals surface area contributed by atoms with Gasteiger partial charge in [-0.25, -0.2) is 0 Å². The Bertz CT molecular complexity index is 315. The Kier molecular flexibility index (Phi) is 3.57. The predicted octanol–water partition coefficient (Wildman–Crippen LogP) is 1.14. The van der Waals surface area contributed by atoms with Crippen molar-refractivity contribution in [3.05, 3.63) is 0 Å². The SMILES string of the molecule is NC1CCC2CN(C(=O)CCC3CCCO3)CC12. The van der Waals surface area contributed by atoms with Crippen molar-refractivity contribution in [1.82, 2.24) is 4.90 Å². The number of fused-ring (bicyclic) bond motifs is 1. The quantitative estimate of drug-likeness (QED) is 0.819. The lowest BCUT2D eigenvalue weighted by molar-refractivity contribution is -0.131. The Morgan fingerprint density at radius 3 is 2.89 bits per heavy atom. The van der Waals surface area contributed by atoms with Crippen LogP contribution in [0.2, 0.25) is 0 Å². The molecular weight excluding hydrogens is 228 g/mol. The zero-order valence-corrected chi connectivity index (χ0v) is 11.0. The van der Waals surface area contributed by atoms with Gasteiger partial charge in [-0.05, 0) is 43.9 Å². The van der Waals surface area contributed by atoms with Crippen LogP contribution in [0.4, 0.5) is 0 Å². The second kappa shape index (κ2) is 5.17. The third-order valence-electron chi connectivity index (χ3n) is 4.97. The maximum atomic E-state index is 12.2. The number of hydrogen-bond donors (Lipinski definition) is 1. The van der Waals surface area contributed by atoms with E-state index < -0.39 is 0 Å².